The van der Waals surface area contributed by atoms with E-state index in [0.29, 0.717) is 29.4 Å². The predicted molar refractivity (Wildman–Crippen MR) is 100 cm³/mol. The highest BCUT2D eigenvalue weighted by atomic mass is 35.5. The summed E-state index contributed by atoms with van der Waals surface area (Å²) in [4.78, 5) is 30.9. The van der Waals surface area contributed by atoms with Gasteiger partial charge in [-0.2, -0.15) is 0 Å². The number of hydrogen-bond donors (Lipinski definition) is 1. The third-order valence-electron chi connectivity index (χ3n) is 3.60. The number of benzene rings is 1. The van der Waals surface area contributed by atoms with E-state index in [2.05, 4.69) is 10.3 Å². The summed E-state index contributed by atoms with van der Waals surface area (Å²) in [6.45, 7) is 5.46. The number of amides is 2. The molecule has 0 radical (unpaired) electrons. The van der Waals surface area contributed by atoms with Crippen molar-refractivity contribution in [3.8, 4) is 0 Å². The molecule has 0 unspecified atom stereocenters. The largest absolute Gasteiger partial charge is 0.339 e. The van der Waals surface area contributed by atoms with Crippen molar-refractivity contribution in [1.82, 2.24) is 9.88 Å². The first-order valence-corrected chi connectivity index (χ1v) is 8.75. The number of hydrogen-bond acceptors (Lipinski definition) is 3. The summed E-state index contributed by atoms with van der Waals surface area (Å²) in [5.74, 6) is -0.461. The molecule has 0 bridgehead atoms. The quantitative estimate of drug-likeness (QED) is 0.803. The summed E-state index contributed by atoms with van der Waals surface area (Å²) >= 11 is 5.92. The number of aromatic nitrogens is 1. The molecule has 132 valence electrons. The van der Waals surface area contributed by atoms with Crippen molar-refractivity contribution in [2.45, 2.75) is 26.7 Å². The summed E-state index contributed by atoms with van der Waals surface area (Å²) in [5, 5.41) is 3.27. The van der Waals surface area contributed by atoms with E-state index in [-0.39, 0.29) is 17.5 Å². The molecule has 0 saturated heterocycles. The van der Waals surface area contributed by atoms with Gasteiger partial charge in [0.1, 0.15) is 5.69 Å². The summed E-state index contributed by atoms with van der Waals surface area (Å²) in [7, 11) is 0. The van der Waals surface area contributed by atoms with Crippen LogP contribution in [0.4, 0.5) is 5.69 Å². The topological polar surface area (TPSA) is 62.3 Å². The Kier molecular flexibility index (Phi) is 6.95. The van der Waals surface area contributed by atoms with E-state index in [1.54, 1.807) is 35.2 Å². The molecule has 2 rings (SSSR count). The third-order valence-corrected chi connectivity index (χ3v) is 3.83. The first-order valence-electron chi connectivity index (χ1n) is 8.37. The highest BCUT2D eigenvalue weighted by Crippen LogP contribution is 2.16. The van der Waals surface area contributed by atoms with Gasteiger partial charge in [0.15, 0.2) is 0 Å². The van der Waals surface area contributed by atoms with Crippen LogP contribution in [0.5, 0.6) is 0 Å². The van der Waals surface area contributed by atoms with Crippen molar-refractivity contribution < 1.29 is 9.59 Å². The van der Waals surface area contributed by atoms with E-state index in [1.165, 1.54) is 12.3 Å². The maximum atomic E-state index is 12.7. The lowest BCUT2D eigenvalue weighted by Gasteiger charge is -2.21. The van der Waals surface area contributed by atoms with Crippen molar-refractivity contribution >= 4 is 29.1 Å². The van der Waals surface area contributed by atoms with Gasteiger partial charge in [-0.15, -0.1) is 0 Å². The minimum atomic E-state index is -0.380. The average Bonchev–Trinajstić information content (AvgIpc) is 2.61. The van der Waals surface area contributed by atoms with E-state index in [9.17, 15) is 9.59 Å². The predicted octanol–water partition coefficient (Wildman–Crippen LogP) is 4.25. The highest BCUT2D eigenvalue weighted by molar-refractivity contribution is 6.30. The Morgan fingerprint density at radius 3 is 2.48 bits per heavy atom. The summed E-state index contributed by atoms with van der Waals surface area (Å²) in [6.07, 6.45) is 3.26. The number of carbonyl (C=O) groups is 2. The zero-order valence-corrected chi connectivity index (χ0v) is 15.2. The van der Waals surface area contributed by atoms with Gasteiger partial charge in [0.25, 0.3) is 11.8 Å². The minimum absolute atomic E-state index is 0.0806. The Morgan fingerprint density at radius 2 is 1.84 bits per heavy atom. The maximum absolute atomic E-state index is 12.7. The number of pyridine rings is 1. The Hall–Kier alpha value is -2.40. The molecule has 0 fully saturated rings. The monoisotopic (exact) mass is 359 g/mol. The van der Waals surface area contributed by atoms with Gasteiger partial charge >= 0.3 is 0 Å². The molecule has 0 aliphatic rings. The van der Waals surface area contributed by atoms with Crippen molar-refractivity contribution in [2.75, 3.05) is 18.4 Å². The highest BCUT2D eigenvalue weighted by Gasteiger charge is 2.17. The molecule has 0 saturated carbocycles. The zero-order chi connectivity index (χ0) is 18.2. The van der Waals surface area contributed by atoms with Crippen LogP contribution in [0.1, 0.15) is 47.5 Å². The Bertz CT molecular complexity index is 743. The second-order valence-electron chi connectivity index (χ2n) is 5.69. The second-order valence-corrected chi connectivity index (χ2v) is 6.12. The fourth-order valence-electron chi connectivity index (χ4n) is 2.49. The molecule has 1 aromatic carbocycles. The molecule has 1 heterocycles. The molecule has 0 spiro atoms. The van der Waals surface area contributed by atoms with Crippen LogP contribution in [0, 0.1) is 0 Å². The van der Waals surface area contributed by atoms with Gasteiger partial charge in [0.05, 0.1) is 0 Å². The van der Waals surface area contributed by atoms with E-state index < -0.39 is 0 Å². The fourth-order valence-corrected chi connectivity index (χ4v) is 2.68. The molecule has 0 aliphatic carbocycles. The van der Waals surface area contributed by atoms with Gasteiger partial charge in [-0.05, 0) is 43.2 Å². The molecule has 2 amide bonds. The molecule has 1 aromatic heterocycles. The normalized spacial score (nSPS) is 10.4. The average molecular weight is 360 g/mol. The zero-order valence-electron chi connectivity index (χ0n) is 14.5. The lowest BCUT2D eigenvalue weighted by Crippen LogP contribution is -2.32. The van der Waals surface area contributed by atoms with Crippen LogP contribution in [0.25, 0.3) is 0 Å². The smallest absolute Gasteiger partial charge is 0.274 e. The Morgan fingerprint density at radius 1 is 1.12 bits per heavy atom. The second kappa shape index (κ2) is 9.18. The van der Waals surface area contributed by atoms with Crippen LogP contribution in [-0.4, -0.2) is 34.8 Å². The van der Waals surface area contributed by atoms with Crippen LogP contribution in [0.15, 0.2) is 42.6 Å². The maximum Gasteiger partial charge on any atom is 0.274 e. The van der Waals surface area contributed by atoms with Crippen LogP contribution in [-0.2, 0) is 0 Å². The number of halogens is 1. The van der Waals surface area contributed by atoms with Gasteiger partial charge in [-0.25, -0.2) is 0 Å². The Balaban J connectivity index is 2.16. The molecule has 1 N–H and O–H groups in total. The number of nitrogens with one attached hydrogen (secondary N) is 1. The lowest BCUT2D eigenvalue weighted by molar-refractivity contribution is 0.0755. The number of rotatable bonds is 7. The number of carbonyl (C=O) groups excluding carboxylic acids is 2. The molecule has 5 nitrogen and oxygen atoms in total. The molecule has 0 atom stereocenters. The van der Waals surface area contributed by atoms with Crippen LogP contribution in [0.3, 0.4) is 0 Å². The standard InChI is InChI=1S/C19H22ClN3O2/c1-3-10-23(11-4-2)19(25)14-8-9-21-17(12-14)18(24)22-16-7-5-6-15(20)13-16/h5-9,12-13H,3-4,10-11H2,1-2H3,(H,22,24). The molecule has 25 heavy (non-hydrogen) atoms. The van der Waals surface area contributed by atoms with E-state index in [1.807, 2.05) is 13.8 Å². The molecular formula is C19H22ClN3O2. The van der Waals surface area contributed by atoms with E-state index in [0.717, 1.165) is 12.8 Å². The summed E-state index contributed by atoms with van der Waals surface area (Å²) < 4.78 is 0. The summed E-state index contributed by atoms with van der Waals surface area (Å²) in [6, 6.07) is 10.0. The minimum Gasteiger partial charge on any atom is -0.339 e. The van der Waals surface area contributed by atoms with Gasteiger partial charge in [-0.3, -0.25) is 14.6 Å². The fraction of sp³-hybridized carbons (Fsp3) is 0.316. The van der Waals surface area contributed by atoms with E-state index in [4.69, 9.17) is 11.6 Å². The van der Waals surface area contributed by atoms with Crippen LogP contribution in [0.2, 0.25) is 5.02 Å². The lowest BCUT2D eigenvalue weighted by atomic mass is 10.1. The van der Waals surface area contributed by atoms with Crippen molar-refractivity contribution in [3.63, 3.8) is 0 Å². The SMILES string of the molecule is CCCN(CCC)C(=O)c1ccnc(C(=O)Nc2cccc(Cl)c2)c1. The van der Waals surface area contributed by atoms with Gasteiger partial charge in [0.2, 0.25) is 0 Å². The first-order chi connectivity index (χ1) is 12.0. The van der Waals surface area contributed by atoms with Gasteiger partial charge in [-0.1, -0.05) is 31.5 Å². The van der Waals surface area contributed by atoms with E-state index >= 15 is 0 Å². The van der Waals surface area contributed by atoms with Crippen molar-refractivity contribution in [1.29, 1.82) is 0 Å². The van der Waals surface area contributed by atoms with Crippen LogP contribution >= 0.6 is 11.6 Å². The first kappa shape index (κ1) is 18.9. The summed E-state index contributed by atoms with van der Waals surface area (Å²) in [5.41, 5.74) is 1.24. The Labute approximate surface area is 153 Å². The number of anilines is 1. The molecule has 6 heteroatoms. The third kappa shape index (κ3) is 5.29. The number of nitrogens with zero attached hydrogens (tertiary/aromatic N) is 2. The van der Waals surface area contributed by atoms with Crippen molar-refractivity contribution in [3.05, 3.63) is 58.9 Å². The molecule has 0 aliphatic heterocycles. The van der Waals surface area contributed by atoms with Crippen molar-refractivity contribution in [2.24, 2.45) is 0 Å². The molecular weight excluding hydrogens is 338 g/mol. The van der Waals surface area contributed by atoms with Crippen LogP contribution < -0.4 is 5.32 Å². The van der Waals surface area contributed by atoms with Gasteiger partial charge in [0, 0.05) is 35.6 Å². The molecule has 2 aromatic rings. The van der Waals surface area contributed by atoms with Gasteiger partial charge < -0.3 is 10.2 Å².